The monoisotopic (exact) mass is 388 g/mol. The van der Waals surface area contributed by atoms with Crippen LogP contribution in [0.15, 0.2) is 53.1 Å². The largest absolute Gasteiger partial charge is 0.369 e. The summed E-state index contributed by atoms with van der Waals surface area (Å²) in [6.45, 7) is 4.39. The molecule has 1 saturated heterocycles. The predicted octanol–water partition coefficient (Wildman–Crippen LogP) is 4.37. The van der Waals surface area contributed by atoms with E-state index in [-0.39, 0.29) is 0 Å². The fourth-order valence-electron chi connectivity index (χ4n) is 3.09. The van der Waals surface area contributed by atoms with Crippen LogP contribution in [-0.2, 0) is 6.54 Å². The highest BCUT2D eigenvalue weighted by Gasteiger charge is 2.20. The van der Waals surface area contributed by atoms with Gasteiger partial charge in [-0.2, -0.15) is 4.98 Å². The highest BCUT2D eigenvalue weighted by Crippen LogP contribution is 2.22. The van der Waals surface area contributed by atoms with E-state index in [2.05, 4.69) is 26.0 Å². The number of aromatic nitrogens is 2. The van der Waals surface area contributed by atoms with Crippen molar-refractivity contribution in [1.82, 2.24) is 15.0 Å². The average molecular weight is 389 g/mol. The lowest BCUT2D eigenvalue weighted by molar-refractivity contribution is 0.215. The summed E-state index contributed by atoms with van der Waals surface area (Å²) in [7, 11) is 0. The van der Waals surface area contributed by atoms with Gasteiger partial charge in [-0.3, -0.25) is 4.90 Å². The zero-order valence-electron chi connectivity index (χ0n) is 14.1. The summed E-state index contributed by atoms with van der Waals surface area (Å²) in [5.41, 5.74) is 2.02. The molecule has 3 aromatic rings. The molecule has 4 rings (SSSR count). The lowest BCUT2D eigenvalue weighted by Gasteiger charge is -2.35. The maximum Gasteiger partial charge on any atom is 0.241 e. The normalized spacial score (nSPS) is 15.4. The number of piperazine rings is 1. The minimum absolute atomic E-state index is 0.570. The van der Waals surface area contributed by atoms with Gasteiger partial charge in [-0.25, -0.2) is 0 Å². The molecule has 26 heavy (non-hydrogen) atoms. The van der Waals surface area contributed by atoms with Crippen LogP contribution in [0, 0.1) is 0 Å². The van der Waals surface area contributed by atoms with Gasteiger partial charge in [0, 0.05) is 47.5 Å². The van der Waals surface area contributed by atoms with Gasteiger partial charge in [0.25, 0.3) is 0 Å². The Labute approximate surface area is 162 Å². The van der Waals surface area contributed by atoms with Crippen molar-refractivity contribution in [3.63, 3.8) is 0 Å². The predicted molar refractivity (Wildman–Crippen MR) is 104 cm³/mol. The van der Waals surface area contributed by atoms with Gasteiger partial charge in [0.2, 0.25) is 11.7 Å². The molecule has 0 N–H and O–H groups in total. The number of rotatable bonds is 4. The molecular weight excluding hydrogens is 371 g/mol. The van der Waals surface area contributed by atoms with Crippen LogP contribution in [-0.4, -0.2) is 41.2 Å². The van der Waals surface area contributed by atoms with E-state index < -0.39 is 0 Å². The van der Waals surface area contributed by atoms with Crippen LogP contribution in [0.1, 0.15) is 5.89 Å². The smallest absolute Gasteiger partial charge is 0.241 e. The molecule has 0 aliphatic carbocycles. The Bertz CT molecular complexity index is 891. The first-order valence-electron chi connectivity index (χ1n) is 8.49. The highest BCUT2D eigenvalue weighted by molar-refractivity contribution is 6.31. The number of halogens is 2. The maximum atomic E-state index is 6.09. The van der Waals surface area contributed by atoms with Crippen LogP contribution >= 0.6 is 23.2 Å². The summed E-state index contributed by atoms with van der Waals surface area (Å²) >= 11 is 12.1. The molecule has 0 saturated carbocycles. The third kappa shape index (κ3) is 4.01. The summed E-state index contributed by atoms with van der Waals surface area (Å²) in [4.78, 5) is 9.15. The summed E-state index contributed by atoms with van der Waals surface area (Å²) in [5, 5.41) is 5.50. The number of nitrogens with zero attached hydrogens (tertiary/aromatic N) is 4. The number of hydrogen-bond donors (Lipinski definition) is 0. The Morgan fingerprint density at radius 1 is 0.923 bits per heavy atom. The summed E-state index contributed by atoms with van der Waals surface area (Å²) in [5.74, 6) is 1.19. The molecule has 0 radical (unpaired) electrons. The van der Waals surface area contributed by atoms with Crippen LogP contribution in [0.3, 0.4) is 0 Å². The molecule has 1 aliphatic rings. The number of anilines is 1. The second kappa shape index (κ2) is 7.66. The molecule has 7 heteroatoms. The standard InChI is InChI=1S/C19H18Cl2N4O/c20-15-4-1-3-14(11-15)19-22-18(26-23-19)13-24-7-9-25(10-8-24)17-6-2-5-16(21)12-17/h1-6,11-12H,7-10,13H2. The van der Waals surface area contributed by atoms with Crippen molar-refractivity contribution in [2.24, 2.45) is 0 Å². The average Bonchev–Trinajstić information content (AvgIpc) is 3.11. The van der Waals surface area contributed by atoms with Crippen molar-refractivity contribution in [3.8, 4) is 11.4 Å². The van der Waals surface area contributed by atoms with E-state index in [0.29, 0.717) is 23.3 Å². The fraction of sp³-hybridized carbons (Fsp3) is 0.263. The minimum atomic E-state index is 0.570. The first kappa shape index (κ1) is 17.3. The SMILES string of the molecule is Clc1cccc(-c2noc(CN3CCN(c4cccc(Cl)c4)CC3)n2)c1. The van der Waals surface area contributed by atoms with Gasteiger partial charge in [-0.05, 0) is 30.3 Å². The van der Waals surface area contributed by atoms with Crippen LogP contribution in [0.2, 0.25) is 10.0 Å². The van der Waals surface area contributed by atoms with Crippen molar-refractivity contribution in [2.75, 3.05) is 31.1 Å². The van der Waals surface area contributed by atoms with Crippen LogP contribution in [0.5, 0.6) is 0 Å². The zero-order valence-corrected chi connectivity index (χ0v) is 15.6. The van der Waals surface area contributed by atoms with Crippen molar-refractivity contribution in [3.05, 3.63) is 64.5 Å². The molecule has 5 nitrogen and oxygen atoms in total. The van der Waals surface area contributed by atoms with Crippen molar-refractivity contribution in [2.45, 2.75) is 6.54 Å². The van der Waals surface area contributed by atoms with Gasteiger partial charge in [0.05, 0.1) is 6.54 Å². The lowest BCUT2D eigenvalue weighted by atomic mass is 10.2. The molecule has 0 unspecified atom stereocenters. The molecule has 0 amide bonds. The van der Waals surface area contributed by atoms with Crippen LogP contribution in [0.4, 0.5) is 5.69 Å². The Hall–Kier alpha value is -2.08. The van der Waals surface area contributed by atoms with Crippen molar-refractivity contribution < 1.29 is 4.52 Å². The second-order valence-corrected chi connectivity index (χ2v) is 7.14. The summed E-state index contributed by atoms with van der Waals surface area (Å²) in [6, 6.07) is 15.4. The van der Waals surface area contributed by atoms with Gasteiger partial charge < -0.3 is 9.42 Å². The molecule has 0 bridgehead atoms. The van der Waals surface area contributed by atoms with Crippen LogP contribution in [0.25, 0.3) is 11.4 Å². The maximum absolute atomic E-state index is 6.09. The number of hydrogen-bond acceptors (Lipinski definition) is 5. The molecule has 2 heterocycles. The zero-order chi connectivity index (χ0) is 17.9. The van der Waals surface area contributed by atoms with E-state index in [1.807, 2.05) is 42.5 Å². The van der Waals surface area contributed by atoms with Gasteiger partial charge >= 0.3 is 0 Å². The first-order chi connectivity index (χ1) is 12.7. The van der Waals surface area contributed by atoms with E-state index in [1.54, 1.807) is 0 Å². The quantitative estimate of drug-likeness (QED) is 0.663. The molecule has 2 aromatic carbocycles. The molecule has 1 aromatic heterocycles. The first-order valence-corrected chi connectivity index (χ1v) is 9.24. The highest BCUT2D eigenvalue weighted by atomic mass is 35.5. The summed E-state index contributed by atoms with van der Waals surface area (Å²) < 4.78 is 5.41. The Morgan fingerprint density at radius 2 is 1.65 bits per heavy atom. The second-order valence-electron chi connectivity index (χ2n) is 6.27. The van der Waals surface area contributed by atoms with Gasteiger partial charge in [0.1, 0.15) is 0 Å². The Balaban J connectivity index is 1.36. The third-order valence-electron chi connectivity index (χ3n) is 4.46. The van der Waals surface area contributed by atoms with Gasteiger partial charge in [0.15, 0.2) is 0 Å². The van der Waals surface area contributed by atoms with E-state index in [4.69, 9.17) is 27.7 Å². The molecule has 1 fully saturated rings. The topological polar surface area (TPSA) is 45.4 Å². The third-order valence-corrected chi connectivity index (χ3v) is 4.93. The fourth-order valence-corrected chi connectivity index (χ4v) is 3.47. The molecule has 134 valence electrons. The molecule has 1 aliphatic heterocycles. The lowest BCUT2D eigenvalue weighted by Crippen LogP contribution is -2.46. The van der Waals surface area contributed by atoms with E-state index >= 15 is 0 Å². The van der Waals surface area contributed by atoms with Gasteiger partial charge in [-0.15, -0.1) is 0 Å². The molecular formula is C19H18Cl2N4O. The number of benzene rings is 2. The van der Waals surface area contributed by atoms with E-state index in [9.17, 15) is 0 Å². The van der Waals surface area contributed by atoms with Crippen molar-refractivity contribution in [1.29, 1.82) is 0 Å². The molecule has 0 atom stereocenters. The van der Waals surface area contributed by atoms with E-state index in [1.165, 1.54) is 0 Å². The Morgan fingerprint density at radius 3 is 2.38 bits per heavy atom. The summed E-state index contributed by atoms with van der Waals surface area (Å²) in [6.07, 6.45) is 0. The van der Waals surface area contributed by atoms with E-state index in [0.717, 1.165) is 42.5 Å². The minimum Gasteiger partial charge on any atom is -0.369 e. The molecule has 0 spiro atoms. The Kier molecular flexibility index (Phi) is 5.11. The van der Waals surface area contributed by atoms with Crippen LogP contribution < -0.4 is 4.90 Å². The van der Waals surface area contributed by atoms with Crippen molar-refractivity contribution >= 4 is 28.9 Å². The van der Waals surface area contributed by atoms with Gasteiger partial charge in [-0.1, -0.05) is 46.6 Å².